The molecule has 0 saturated carbocycles. The van der Waals surface area contributed by atoms with Crippen LogP contribution in [0.25, 0.3) is 16.9 Å². The van der Waals surface area contributed by atoms with Gasteiger partial charge in [-0.2, -0.15) is 9.40 Å². The Bertz CT molecular complexity index is 1220. The molecule has 1 aliphatic rings. The molecule has 3 aromatic rings. The molecular weight excluding hydrogens is 447 g/mol. The molecule has 2 heterocycles. The van der Waals surface area contributed by atoms with Gasteiger partial charge in [-0.25, -0.2) is 17.5 Å². The van der Waals surface area contributed by atoms with Crippen LogP contribution in [-0.2, 0) is 14.8 Å². The Balaban J connectivity index is 1.55. The first-order valence-electron chi connectivity index (χ1n) is 10.6. The number of carbonyl (C=O) groups is 1. The van der Waals surface area contributed by atoms with Crippen molar-refractivity contribution in [3.8, 4) is 16.9 Å². The number of morpholine rings is 1. The number of aryl methyl sites for hydroxylation is 1. The van der Waals surface area contributed by atoms with Crippen LogP contribution in [0.2, 0.25) is 0 Å². The van der Waals surface area contributed by atoms with Crippen molar-refractivity contribution in [2.75, 3.05) is 38.6 Å². The SMILES string of the molecule is Cc1ccc(-c2nn(-c3ccc(F)cc3)cc2C(=O)NCCS(=O)(=O)N2CCOCC2)cc1. The summed E-state index contributed by atoms with van der Waals surface area (Å²) >= 11 is 0. The van der Waals surface area contributed by atoms with E-state index in [2.05, 4.69) is 10.4 Å². The number of hydrogen-bond donors (Lipinski definition) is 1. The first-order valence-corrected chi connectivity index (χ1v) is 12.2. The molecule has 1 fully saturated rings. The highest BCUT2D eigenvalue weighted by molar-refractivity contribution is 7.89. The molecule has 10 heteroatoms. The highest BCUT2D eigenvalue weighted by Gasteiger charge is 2.25. The van der Waals surface area contributed by atoms with E-state index in [1.54, 1.807) is 18.3 Å². The van der Waals surface area contributed by atoms with E-state index < -0.39 is 15.9 Å². The summed E-state index contributed by atoms with van der Waals surface area (Å²) in [7, 11) is -3.49. The molecule has 0 bridgehead atoms. The van der Waals surface area contributed by atoms with E-state index in [-0.39, 0.29) is 18.1 Å². The third-order valence-electron chi connectivity index (χ3n) is 5.38. The van der Waals surface area contributed by atoms with Crippen LogP contribution >= 0.6 is 0 Å². The molecule has 174 valence electrons. The summed E-state index contributed by atoms with van der Waals surface area (Å²) < 4.78 is 46.4. The third-order valence-corrected chi connectivity index (χ3v) is 7.26. The molecule has 1 amide bonds. The quantitative estimate of drug-likeness (QED) is 0.570. The molecule has 2 aromatic carbocycles. The molecule has 1 saturated heterocycles. The summed E-state index contributed by atoms with van der Waals surface area (Å²) in [5.74, 6) is -1.01. The standard InChI is InChI=1S/C23H25FN4O4S/c1-17-2-4-18(5-3-17)22-21(16-28(26-22)20-8-6-19(24)7-9-20)23(29)25-10-15-33(30,31)27-11-13-32-14-12-27/h2-9,16H,10-15H2,1H3,(H,25,29). The lowest BCUT2D eigenvalue weighted by Gasteiger charge is -2.26. The minimum Gasteiger partial charge on any atom is -0.379 e. The number of ether oxygens (including phenoxy) is 1. The molecule has 0 atom stereocenters. The van der Waals surface area contributed by atoms with Gasteiger partial charge in [-0.3, -0.25) is 4.79 Å². The van der Waals surface area contributed by atoms with Crippen LogP contribution in [0.15, 0.2) is 54.7 Å². The van der Waals surface area contributed by atoms with Gasteiger partial charge in [0.1, 0.15) is 11.5 Å². The van der Waals surface area contributed by atoms with Crippen LogP contribution in [0.3, 0.4) is 0 Å². The van der Waals surface area contributed by atoms with Crippen molar-refractivity contribution in [3.63, 3.8) is 0 Å². The van der Waals surface area contributed by atoms with Crippen LogP contribution in [0.1, 0.15) is 15.9 Å². The number of halogens is 1. The van der Waals surface area contributed by atoms with E-state index >= 15 is 0 Å². The predicted octanol–water partition coefficient (Wildman–Crippen LogP) is 2.38. The second-order valence-electron chi connectivity index (χ2n) is 7.76. The predicted molar refractivity (Wildman–Crippen MR) is 122 cm³/mol. The van der Waals surface area contributed by atoms with E-state index in [0.717, 1.165) is 11.1 Å². The van der Waals surface area contributed by atoms with Crippen LogP contribution in [0.5, 0.6) is 0 Å². The normalized spacial score (nSPS) is 14.8. The highest BCUT2D eigenvalue weighted by atomic mass is 32.2. The molecule has 1 aromatic heterocycles. The number of sulfonamides is 1. The van der Waals surface area contributed by atoms with Crippen LogP contribution in [0.4, 0.5) is 4.39 Å². The van der Waals surface area contributed by atoms with Gasteiger partial charge in [0.15, 0.2) is 0 Å². The average Bonchev–Trinajstić information content (AvgIpc) is 3.26. The van der Waals surface area contributed by atoms with Crippen molar-refractivity contribution < 1.29 is 22.3 Å². The van der Waals surface area contributed by atoms with Crippen molar-refractivity contribution in [3.05, 3.63) is 71.7 Å². The monoisotopic (exact) mass is 472 g/mol. The smallest absolute Gasteiger partial charge is 0.255 e. The first-order chi connectivity index (χ1) is 15.8. The van der Waals surface area contributed by atoms with Gasteiger partial charge in [-0.1, -0.05) is 29.8 Å². The van der Waals surface area contributed by atoms with Crippen LogP contribution in [0, 0.1) is 12.7 Å². The zero-order valence-corrected chi connectivity index (χ0v) is 19.0. The Morgan fingerprint density at radius 2 is 1.76 bits per heavy atom. The average molecular weight is 473 g/mol. The van der Waals surface area contributed by atoms with Crippen molar-refractivity contribution in [2.45, 2.75) is 6.92 Å². The van der Waals surface area contributed by atoms with Crippen molar-refractivity contribution >= 4 is 15.9 Å². The zero-order chi connectivity index (χ0) is 23.4. The van der Waals surface area contributed by atoms with Crippen molar-refractivity contribution in [1.82, 2.24) is 19.4 Å². The molecule has 0 unspecified atom stereocenters. The highest BCUT2D eigenvalue weighted by Crippen LogP contribution is 2.24. The summed E-state index contributed by atoms with van der Waals surface area (Å²) in [4.78, 5) is 13.0. The number of nitrogens with zero attached hydrogens (tertiary/aromatic N) is 3. The topological polar surface area (TPSA) is 93.5 Å². The summed E-state index contributed by atoms with van der Waals surface area (Å²) in [5, 5.41) is 7.25. The lowest BCUT2D eigenvalue weighted by Crippen LogP contribution is -2.43. The van der Waals surface area contributed by atoms with E-state index in [4.69, 9.17) is 4.74 Å². The van der Waals surface area contributed by atoms with Gasteiger partial charge >= 0.3 is 0 Å². The first kappa shape index (κ1) is 23.1. The van der Waals surface area contributed by atoms with Crippen molar-refractivity contribution in [2.24, 2.45) is 0 Å². The van der Waals surface area contributed by atoms with E-state index in [0.29, 0.717) is 43.2 Å². The summed E-state index contributed by atoms with van der Waals surface area (Å²) in [6, 6.07) is 13.3. The number of carbonyl (C=O) groups excluding carboxylic acids is 1. The summed E-state index contributed by atoms with van der Waals surface area (Å²) in [5.41, 5.74) is 3.15. The zero-order valence-electron chi connectivity index (χ0n) is 18.2. The number of benzene rings is 2. The Morgan fingerprint density at radius 3 is 2.42 bits per heavy atom. The van der Waals surface area contributed by atoms with Gasteiger partial charge in [-0.15, -0.1) is 0 Å². The number of nitrogens with one attached hydrogen (secondary N) is 1. The minimum atomic E-state index is -3.49. The number of hydrogen-bond acceptors (Lipinski definition) is 5. The lowest BCUT2D eigenvalue weighted by atomic mass is 10.1. The minimum absolute atomic E-state index is 0.0341. The van der Waals surface area contributed by atoms with Gasteiger partial charge in [0, 0.05) is 31.4 Å². The maximum Gasteiger partial charge on any atom is 0.255 e. The molecule has 1 N–H and O–H groups in total. The van der Waals surface area contributed by atoms with Crippen LogP contribution in [-0.4, -0.2) is 67.0 Å². The molecule has 1 aliphatic heterocycles. The second kappa shape index (κ2) is 9.82. The Morgan fingerprint density at radius 1 is 1.09 bits per heavy atom. The Hall–Kier alpha value is -3.08. The van der Waals surface area contributed by atoms with Gasteiger partial charge in [-0.05, 0) is 31.2 Å². The maximum atomic E-state index is 13.3. The third kappa shape index (κ3) is 5.47. The Labute approximate surface area is 192 Å². The fourth-order valence-corrected chi connectivity index (χ4v) is 4.86. The molecule has 8 nitrogen and oxygen atoms in total. The van der Waals surface area contributed by atoms with Crippen molar-refractivity contribution in [1.29, 1.82) is 0 Å². The van der Waals surface area contributed by atoms with Gasteiger partial charge in [0.25, 0.3) is 5.91 Å². The summed E-state index contributed by atoms with van der Waals surface area (Å²) in [6.07, 6.45) is 1.56. The second-order valence-corrected chi connectivity index (χ2v) is 9.85. The largest absolute Gasteiger partial charge is 0.379 e. The number of rotatable bonds is 7. The molecule has 0 spiro atoms. The van der Waals surface area contributed by atoms with Crippen LogP contribution < -0.4 is 5.32 Å². The van der Waals surface area contributed by atoms with E-state index in [1.165, 1.54) is 21.1 Å². The summed E-state index contributed by atoms with van der Waals surface area (Å²) in [6.45, 7) is 3.30. The molecule has 4 rings (SSSR count). The van der Waals surface area contributed by atoms with Gasteiger partial charge in [0.05, 0.1) is 30.2 Å². The van der Waals surface area contributed by atoms with E-state index in [1.807, 2.05) is 31.2 Å². The molecule has 33 heavy (non-hydrogen) atoms. The maximum absolute atomic E-state index is 13.3. The van der Waals surface area contributed by atoms with Gasteiger partial charge in [0.2, 0.25) is 10.0 Å². The van der Waals surface area contributed by atoms with E-state index in [9.17, 15) is 17.6 Å². The molecule has 0 radical (unpaired) electrons. The molecular formula is C23H25FN4O4S. The lowest BCUT2D eigenvalue weighted by molar-refractivity contribution is 0.0730. The number of aromatic nitrogens is 2. The molecule has 0 aliphatic carbocycles. The number of amides is 1. The van der Waals surface area contributed by atoms with Gasteiger partial charge < -0.3 is 10.1 Å². The Kier molecular flexibility index (Phi) is 6.87. The fraction of sp³-hybridized carbons (Fsp3) is 0.304. The fourth-order valence-electron chi connectivity index (χ4n) is 3.53.